The fourth-order valence-corrected chi connectivity index (χ4v) is 6.70. The van der Waals surface area contributed by atoms with Crippen molar-refractivity contribution in [2.75, 3.05) is 18.9 Å². The number of hydrogen-bond acceptors (Lipinski definition) is 15. The number of phosphoric ester groups is 3. The van der Waals surface area contributed by atoms with Gasteiger partial charge in [0.05, 0.1) is 31.7 Å². The SMILES string of the molecule is Nc1ncnc2c1ncn2[C@@H]1O[C@H](CO)[C@@H](C[C@H]2O[C@H](CO)[C@@H](OP(=O)(O)O)[C@H](OP(=O)(O)O)[C@H]2O)[C@H]1OP(=O)(O)O. The van der Waals surface area contributed by atoms with Crippen LogP contribution in [0.2, 0.25) is 0 Å². The molecule has 0 saturated carbocycles. The minimum absolute atomic E-state index is 0.0311. The van der Waals surface area contributed by atoms with E-state index in [1.165, 1.54) is 4.57 Å². The Hall–Kier alpha value is -1.52. The summed E-state index contributed by atoms with van der Waals surface area (Å²) in [6.45, 7) is -1.82. The van der Waals surface area contributed by atoms with E-state index in [1.807, 2.05) is 0 Å². The molecule has 4 heterocycles. The summed E-state index contributed by atoms with van der Waals surface area (Å²) in [7, 11) is -16.1. The summed E-state index contributed by atoms with van der Waals surface area (Å²) in [5.41, 5.74) is 5.97. The first-order valence-electron chi connectivity index (χ1n) is 11.8. The summed E-state index contributed by atoms with van der Waals surface area (Å²) in [6, 6.07) is 0. The molecule has 2 aromatic heterocycles. The van der Waals surface area contributed by atoms with E-state index in [0.717, 1.165) is 12.7 Å². The maximum atomic E-state index is 12.0. The van der Waals surface area contributed by atoms with Crippen LogP contribution in [-0.2, 0) is 36.7 Å². The molecule has 0 radical (unpaired) electrons. The molecule has 0 unspecified atom stereocenters. The Labute approximate surface area is 234 Å². The maximum Gasteiger partial charge on any atom is 0.470 e. The third-order valence-corrected chi connectivity index (χ3v) is 8.11. The lowest BCUT2D eigenvalue weighted by atomic mass is 9.85. The number of nitrogen functional groups attached to an aromatic ring is 1. The monoisotopic (exact) mass is 667 g/mol. The molecule has 238 valence electrons. The largest absolute Gasteiger partial charge is 0.470 e. The van der Waals surface area contributed by atoms with Crippen LogP contribution in [0.4, 0.5) is 5.82 Å². The van der Waals surface area contributed by atoms with Crippen molar-refractivity contribution >= 4 is 40.4 Å². The van der Waals surface area contributed by atoms with Crippen LogP contribution in [0.15, 0.2) is 12.7 Å². The number of nitrogens with zero attached hydrogens (tertiary/aromatic N) is 4. The van der Waals surface area contributed by atoms with Crippen LogP contribution in [0.1, 0.15) is 12.6 Å². The van der Waals surface area contributed by atoms with Gasteiger partial charge in [-0.3, -0.25) is 18.1 Å². The summed E-state index contributed by atoms with van der Waals surface area (Å²) in [6.07, 6.45) is -12.4. The molecule has 11 N–H and O–H groups in total. The van der Waals surface area contributed by atoms with E-state index in [2.05, 4.69) is 24.0 Å². The van der Waals surface area contributed by atoms with Gasteiger partial charge >= 0.3 is 23.5 Å². The second-order valence-electron chi connectivity index (χ2n) is 9.30. The molecule has 2 fully saturated rings. The van der Waals surface area contributed by atoms with E-state index >= 15 is 0 Å². The van der Waals surface area contributed by atoms with Gasteiger partial charge in [-0.15, -0.1) is 0 Å². The number of anilines is 1. The highest BCUT2D eigenvalue weighted by molar-refractivity contribution is 7.46. The molecule has 2 saturated heterocycles. The first-order valence-corrected chi connectivity index (χ1v) is 16.4. The van der Waals surface area contributed by atoms with Gasteiger partial charge in [0.15, 0.2) is 17.7 Å². The summed E-state index contributed by atoms with van der Waals surface area (Å²) in [5.74, 6) is -1.30. The fraction of sp³-hybridized carbons (Fsp3) is 0.706. The van der Waals surface area contributed by atoms with Gasteiger partial charge in [0.1, 0.15) is 42.4 Å². The lowest BCUT2D eigenvalue weighted by molar-refractivity contribution is -0.226. The summed E-state index contributed by atoms with van der Waals surface area (Å²) in [5, 5.41) is 30.9. The number of phosphoric acid groups is 3. The summed E-state index contributed by atoms with van der Waals surface area (Å²) < 4.78 is 61.8. The average molecular weight is 667 g/mol. The Balaban J connectivity index is 1.71. The number of aliphatic hydroxyl groups excluding tert-OH is 3. The van der Waals surface area contributed by atoms with Crippen molar-refractivity contribution in [1.82, 2.24) is 19.5 Å². The lowest BCUT2D eigenvalue weighted by Gasteiger charge is -2.44. The van der Waals surface area contributed by atoms with E-state index < -0.39 is 98.0 Å². The van der Waals surface area contributed by atoms with Crippen LogP contribution in [0, 0.1) is 5.92 Å². The highest BCUT2D eigenvalue weighted by Crippen LogP contribution is 2.51. The Bertz CT molecular complexity index is 1400. The number of imidazole rings is 1. The standard InChI is InChI=1S/C17H28N5O17P3/c18-15-10-16(20-4-19-15)22(5-21-10)17-12(37-40(26,27)28)6(8(2-23)36-17)1-7-11(25)14(39-42(32,33)34)13(9(3-24)35-7)38-41(29,30)31/h4-9,11-14,17,23-25H,1-3H2,(H2,18,19,20)(H2,26,27,28)(H2,29,30,31)(H2,32,33,34)/t6-,7-,8-,9-,11+,12-,13-,14-,17-/m1/s1. The zero-order chi connectivity index (χ0) is 31.2. The lowest BCUT2D eigenvalue weighted by Crippen LogP contribution is -2.60. The number of rotatable bonds is 11. The van der Waals surface area contributed by atoms with Gasteiger partial charge in [-0.25, -0.2) is 28.6 Å². The molecule has 0 spiro atoms. The first-order chi connectivity index (χ1) is 19.4. The topological polar surface area (TPSA) is 349 Å². The Morgan fingerprint density at radius 1 is 0.810 bits per heavy atom. The van der Waals surface area contributed by atoms with Crippen LogP contribution in [-0.4, -0.2) is 120 Å². The second-order valence-corrected chi connectivity index (χ2v) is 12.9. The highest BCUT2D eigenvalue weighted by Gasteiger charge is 2.55. The Morgan fingerprint density at radius 3 is 1.95 bits per heavy atom. The predicted molar refractivity (Wildman–Crippen MR) is 131 cm³/mol. The zero-order valence-corrected chi connectivity index (χ0v) is 23.7. The van der Waals surface area contributed by atoms with Gasteiger partial charge in [-0.05, 0) is 6.42 Å². The second kappa shape index (κ2) is 12.5. The van der Waals surface area contributed by atoms with Crippen molar-refractivity contribution in [3.63, 3.8) is 0 Å². The van der Waals surface area contributed by atoms with Crippen LogP contribution in [0.25, 0.3) is 11.2 Å². The fourth-order valence-electron chi connectivity index (χ4n) is 4.99. The summed E-state index contributed by atoms with van der Waals surface area (Å²) in [4.78, 5) is 68.5. The number of aliphatic hydroxyl groups is 3. The van der Waals surface area contributed by atoms with Gasteiger partial charge in [0, 0.05) is 5.92 Å². The first kappa shape index (κ1) is 33.4. The van der Waals surface area contributed by atoms with Crippen LogP contribution < -0.4 is 5.73 Å². The minimum atomic E-state index is -5.46. The van der Waals surface area contributed by atoms with Crippen molar-refractivity contribution in [1.29, 1.82) is 0 Å². The third kappa shape index (κ3) is 7.57. The Morgan fingerprint density at radius 2 is 1.38 bits per heavy atom. The van der Waals surface area contributed by atoms with E-state index in [9.17, 15) is 58.4 Å². The number of hydrogen-bond donors (Lipinski definition) is 10. The molecule has 25 heteroatoms. The number of fused-ring (bicyclic) bond motifs is 1. The van der Waals surface area contributed by atoms with E-state index in [-0.39, 0.29) is 17.0 Å². The van der Waals surface area contributed by atoms with Crippen molar-refractivity contribution in [3.05, 3.63) is 12.7 Å². The highest BCUT2D eigenvalue weighted by atomic mass is 31.2. The molecule has 0 amide bonds. The third-order valence-electron chi connectivity index (χ3n) is 6.55. The van der Waals surface area contributed by atoms with Crippen LogP contribution >= 0.6 is 23.5 Å². The van der Waals surface area contributed by atoms with Gasteiger partial charge < -0.3 is 59.9 Å². The molecular formula is C17H28N5O17P3. The minimum Gasteiger partial charge on any atom is -0.394 e. The van der Waals surface area contributed by atoms with Crippen molar-refractivity contribution in [2.45, 2.75) is 55.4 Å². The smallest absolute Gasteiger partial charge is 0.394 e. The molecule has 9 atom stereocenters. The molecule has 2 aliphatic rings. The average Bonchev–Trinajstić information content (AvgIpc) is 3.42. The number of aromatic nitrogens is 4. The quantitative estimate of drug-likeness (QED) is 0.106. The number of ether oxygens (including phenoxy) is 2. The van der Waals surface area contributed by atoms with Gasteiger partial charge in [0.25, 0.3) is 0 Å². The summed E-state index contributed by atoms with van der Waals surface area (Å²) >= 11 is 0. The van der Waals surface area contributed by atoms with E-state index in [1.54, 1.807) is 0 Å². The molecule has 22 nitrogen and oxygen atoms in total. The van der Waals surface area contributed by atoms with Gasteiger partial charge in [0.2, 0.25) is 0 Å². The molecule has 42 heavy (non-hydrogen) atoms. The van der Waals surface area contributed by atoms with Gasteiger partial charge in [-0.2, -0.15) is 0 Å². The molecule has 0 bridgehead atoms. The number of nitrogens with two attached hydrogens (primary N) is 1. The van der Waals surface area contributed by atoms with Crippen molar-refractivity contribution in [3.8, 4) is 0 Å². The zero-order valence-electron chi connectivity index (χ0n) is 21.0. The van der Waals surface area contributed by atoms with Crippen molar-refractivity contribution < 1.29 is 81.4 Å². The maximum absolute atomic E-state index is 12.0. The van der Waals surface area contributed by atoms with Gasteiger partial charge in [-0.1, -0.05) is 0 Å². The van der Waals surface area contributed by atoms with Crippen molar-refractivity contribution in [2.24, 2.45) is 5.92 Å². The molecule has 4 rings (SSSR count). The predicted octanol–water partition coefficient (Wildman–Crippen LogP) is -3.14. The molecule has 2 aliphatic heterocycles. The van der Waals surface area contributed by atoms with Crippen LogP contribution in [0.5, 0.6) is 0 Å². The normalized spacial score (nSPS) is 32.9. The molecule has 2 aromatic rings. The molecule has 0 aromatic carbocycles. The Kier molecular flexibility index (Phi) is 9.91. The van der Waals surface area contributed by atoms with E-state index in [4.69, 9.17) is 19.7 Å². The van der Waals surface area contributed by atoms with E-state index in [0.29, 0.717) is 0 Å². The molecule has 0 aliphatic carbocycles. The molecular weight excluding hydrogens is 639 g/mol. The van der Waals surface area contributed by atoms with Crippen LogP contribution in [0.3, 0.4) is 0 Å².